The molecule has 0 spiro atoms. The molecular formula is C18H20FNO3. The van der Waals surface area contributed by atoms with Crippen LogP contribution in [0.3, 0.4) is 0 Å². The predicted octanol–water partition coefficient (Wildman–Crippen LogP) is 2.72. The number of aromatic hydroxyl groups is 1. The van der Waals surface area contributed by atoms with Gasteiger partial charge in [-0.15, -0.1) is 0 Å². The Balaban J connectivity index is 1.81. The van der Waals surface area contributed by atoms with Crippen LogP contribution >= 0.6 is 0 Å². The zero-order chi connectivity index (χ0) is 16.2. The summed E-state index contributed by atoms with van der Waals surface area (Å²) >= 11 is 0. The van der Waals surface area contributed by atoms with Gasteiger partial charge >= 0.3 is 0 Å². The molecule has 122 valence electrons. The summed E-state index contributed by atoms with van der Waals surface area (Å²) < 4.78 is 19.3. The maximum atomic E-state index is 13.3. The van der Waals surface area contributed by atoms with E-state index in [9.17, 15) is 9.50 Å². The zero-order valence-corrected chi connectivity index (χ0v) is 12.8. The molecule has 3 rings (SSSR count). The molecule has 2 aromatic rings. The van der Waals surface area contributed by atoms with Crippen molar-refractivity contribution in [3.63, 3.8) is 0 Å². The van der Waals surface area contributed by atoms with Gasteiger partial charge in [0.1, 0.15) is 23.4 Å². The second kappa shape index (κ2) is 6.87. The standard InChI is InChI=1S/C18H20FNO3/c19-14-4-1-3-13(9-14)10-16-12-20(7-2-8-21)17-6-5-15(22)11-18(17)23-16/h1,3-6,9,11,16,21-22H,2,7-8,10,12H2. The smallest absolute Gasteiger partial charge is 0.146 e. The molecule has 0 saturated heterocycles. The van der Waals surface area contributed by atoms with E-state index in [1.807, 2.05) is 12.1 Å². The van der Waals surface area contributed by atoms with Crippen molar-refractivity contribution < 1.29 is 19.3 Å². The summed E-state index contributed by atoms with van der Waals surface area (Å²) in [5, 5.41) is 18.8. The Hall–Kier alpha value is -2.27. The molecule has 1 unspecified atom stereocenters. The van der Waals surface area contributed by atoms with Crippen molar-refractivity contribution in [3.05, 3.63) is 53.8 Å². The summed E-state index contributed by atoms with van der Waals surface area (Å²) in [6, 6.07) is 11.5. The number of fused-ring (bicyclic) bond motifs is 1. The van der Waals surface area contributed by atoms with E-state index < -0.39 is 0 Å². The first-order valence-electron chi connectivity index (χ1n) is 7.75. The van der Waals surface area contributed by atoms with Gasteiger partial charge < -0.3 is 19.8 Å². The second-order valence-corrected chi connectivity index (χ2v) is 5.75. The topological polar surface area (TPSA) is 52.9 Å². The van der Waals surface area contributed by atoms with Crippen LogP contribution in [0.25, 0.3) is 0 Å². The Kier molecular flexibility index (Phi) is 4.67. The molecule has 0 amide bonds. The normalized spacial score (nSPS) is 16.8. The highest BCUT2D eigenvalue weighted by Crippen LogP contribution is 2.36. The van der Waals surface area contributed by atoms with Crippen LogP contribution in [-0.4, -0.2) is 36.0 Å². The predicted molar refractivity (Wildman–Crippen MR) is 86.5 cm³/mol. The quantitative estimate of drug-likeness (QED) is 0.890. The maximum absolute atomic E-state index is 13.3. The minimum atomic E-state index is -0.256. The van der Waals surface area contributed by atoms with Gasteiger partial charge in [0.2, 0.25) is 0 Å². The number of phenols is 1. The molecule has 4 nitrogen and oxygen atoms in total. The number of hydrogen-bond acceptors (Lipinski definition) is 4. The van der Waals surface area contributed by atoms with E-state index in [0.717, 1.165) is 11.3 Å². The molecule has 1 aliphatic heterocycles. The van der Waals surface area contributed by atoms with E-state index in [4.69, 9.17) is 9.84 Å². The maximum Gasteiger partial charge on any atom is 0.146 e. The fraction of sp³-hybridized carbons (Fsp3) is 0.333. The average Bonchev–Trinajstić information content (AvgIpc) is 2.52. The van der Waals surface area contributed by atoms with Crippen molar-refractivity contribution in [2.45, 2.75) is 18.9 Å². The molecule has 2 aromatic carbocycles. The third-order valence-electron chi connectivity index (χ3n) is 3.94. The molecule has 0 aromatic heterocycles. The van der Waals surface area contributed by atoms with Crippen LogP contribution in [0, 0.1) is 5.82 Å². The van der Waals surface area contributed by atoms with E-state index >= 15 is 0 Å². The van der Waals surface area contributed by atoms with Crippen LogP contribution in [-0.2, 0) is 6.42 Å². The number of nitrogens with zero attached hydrogens (tertiary/aromatic N) is 1. The zero-order valence-electron chi connectivity index (χ0n) is 12.8. The van der Waals surface area contributed by atoms with Gasteiger partial charge in [-0.3, -0.25) is 0 Å². The van der Waals surface area contributed by atoms with Crippen LogP contribution < -0.4 is 9.64 Å². The monoisotopic (exact) mass is 317 g/mol. The van der Waals surface area contributed by atoms with E-state index in [-0.39, 0.29) is 24.3 Å². The highest BCUT2D eigenvalue weighted by molar-refractivity contribution is 5.62. The van der Waals surface area contributed by atoms with Crippen LogP contribution in [0.4, 0.5) is 10.1 Å². The van der Waals surface area contributed by atoms with Crippen LogP contribution in [0.1, 0.15) is 12.0 Å². The number of anilines is 1. The lowest BCUT2D eigenvalue weighted by Crippen LogP contribution is -2.41. The molecule has 1 aliphatic rings. The first kappa shape index (κ1) is 15.6. The van der Waals surface area contributed by atoms with Gasteiger partial charge in [0.05, 0.1) is 12.2 Å². The van der Waals surface area contributed by atoms with E-state index in [1.54, 1.807) is 18.2 Å². The van der Waals surface area contributed by atoms with Gasteiger partial charge in [-0.2, -0.15) is 0 Å². The molecular weight excluding hydrogens is 297 g/mol. The van der Waals surface area contributed by atoms with Crippen molar-refractivity contribution in [1.29, 1.82) is 0 Å². The summed E-state index contributed by atoms with van der Waals surface area (Å²) in [5.41, 5.74) is 1.78. The molecule has 1 atom stereocenters. The molecule has 0 fully saturated rings. The molecule has 2 N–H and O–H groups in total. The number of aliphatic hydroxyl groups excluding tert-OH is 1. The number of aliphatic hydroxyl groups is 1. The summed E-state index contributed by atoms with van der Waals surface area (Å²) in [7, 11) is 0. The lowest BCUT2D eigenvalue weighted by Gasteiger charge is -2.36. The van der Waals surface area contributed by atoms with E-state index in [2.05, 4.69) is 4.90 Å². The molecule has 0 saturated carbocycles. The summed E-state index contributed by atoms with van der Waals surface area (Å²) in [6.07, 6.45) is 1.11. The van der Waals surface area contributed by atoms with Gasteiger partial charge in [0.15, 0.2) is 0 Å². The SMILES string of the molecule is OCCCN1CC(Cc2cccc(F)c2)Oc2cc(O)ccc21. The van der Waals surface area contributed by atoms with Crippen LogP contribution in [0.15, 0.2) is 42.5 Å². The fourth-order valence-electron chi connectivity index (χ4n) is 2.93. The molecule has 5 heteroatoms. The van der Waals surface area contributed by atoms with Gasteiger partial charge in [0.25, 0.3) is 0 Å². The summed E-state index contributed by atoms with van der Waals surface area (Å²) in [6.45, 7) is 1.49. The van der Waals surface area contributed by atoms with E-state index in [0.29, 0.717) is 31.7 Å². The van der Waals surface area contributed by atoms with Crippen molar-refractivity contribution in [2.75, 3.05) is 24.6 Å². The second-order valence-electron chi connectivity index (χ2n) is 5.75. The number of halogens is 1. The highest BCUT2D eigenvalue weighted by Gasteiger charge is 2.26. The van der Waals surface area contributed by atoms with Crippen molar-refractivity contribution >= 4 is 5.69 Å². The Labute approximate surface area is 134 Å². The Morgan fingerprint density at radius 1 is 1.22 bits per heavy atom. The Morgan fingerprint density at radius 2 is 2.09 bits per heavy atom. The van der Waals surface area contributed by atoms with Gasteiger partial charge in [-0.1, -0.05) is 12.1 Å². The fourth-order valence-corrected chi connectivity index (χ4v) is 2.93. The van der Waals surface area contributed by atoms with Crippen molar-refractivity contribution in [3.8, 4) is 11.5 Å². The molecule has 0 aliphatic carbocycles. The number of hydrogen-bond donors (Lipinski definition) is 2. The molecule has 0 bridgehead atoms. The third-order valence-corrected chi connectivity index (χ3v) is 3.94. The lowest BCUT2D eigenvalue weighted by molar-refractivity contribution is 0.191. The lowest BCUT2D eigenvalue weighted by atomic mass is 10.0. The van der Waals surface area contributed by atoms with Gasteiger partial charge in [0, 0.05) is 25.6 Å². The van der Waals surface area contributed by atoms with Crippen molar-refractivity contribution in [1.82, 2.24) is 0 Å². The third kappa shape index (κ3) is 3.74. The first-order chi connectivity index (χ1) is 11.2. The van der Waals surface area contributed by atoms with Gasteiger partial charge in [-0.25, -0.2) is 4.39 Å². The molecule has 1 heterocycles. The van der Waals surface area contributed by atoms with Gasteiger partial charge in [-0.05, 0) is 36.2 Å². The molecule has 0 radical (unpaired) electrons. The van der Waals surface area contributed by atoms with E-state index in [1.165, 1.54) is 12.1 Å². The average molecular weight is 317 g/mol. The number of benzene rings is 2. The Bertz CT molecular complexity index is 677. The van der Waals surface area contributed by atoms with Crippen LogP contribution in [0.5, 0.6) is 11.5 Å². The summed E-state index contributed by atoms with van der Waals surface area (Å²) in [5.74, 6) is 0.515. The Morgan fingerprint density at radius 3 is 2.87 bits per heavy atom. The number of ether oxygens (including phenoxy) is 1. The summed E-state index contributed by atoms with van der Waals surface area (Å²) in [4.78, 5) is 2.14. The molecule has 23 heavy (non-hydrogen) atoms. The first-order valence-corrected chi connectivity index (χ1v) is 7.75. The number of phenolic OH excluding ortho intramolecular Hbond substituents is 1. The largest absolute Gasteiger partial charge is 0.508 e. The number of rotatable bonds is 5. The van der Waals surface area contributed by atoms with Crippen molar-refractivity contribution in [2.24, 2.45) is 0 Å². The minimum absolute atomic E-state index is 0.124. The van der Waals surface area contributed by atoms with Crippen LogP contribution in [0.2, 0.25) is 0 Å². The minimum Gasteiger partial charge on any atom is -0.508 e. The highest BCUT2D eigenvalue weighted by atomic mass is 19.1.